The summed E-state index contributed by atoms with van der Waals surface area (Å²) in [5.74, 6) is 0. The Bertz CT molecular complexity index is 1820. The molecule has 0 fully saturated rings. The number of hydrogen-bond acceptors (Lipinski definition) is 2. The number of rotatable bonds is 2. The van der Waals surface area contributed by atoms with E-state index in [0.717, 1.165) is 6.07 Å². The van der Waals surface area contributed by atoms with E-state index in [0.29, 0.717) is 10.9 Å². The first-order valence-electron chi connectivity index (χ1n) is 11.6. The SMILES string of the molecule is FC(F)(F)c1cc(C(F)(F)F)c(C(F)(F)F)c(C(F)(F)F)c1-c1nnc(-c2ccccc2)c2cc3ccccc3cc12. The van der Waals surface area contributed by atoms with E-state index in [9.17, 15) is 52.7 Å². The van der Waals surface area contributed by atoms with Gasteiger partial charge < -0.3 is 0 Å². The lowest BCUT2D eigenvalue weighted by molar-refractivity contribution is -0.175. The van der Waals surface area contributed by atoms with E-state index in [1.807, 2.05) is 0 Å². The smallest absolute Gasteiger partial charge is 0.166 e. The number of fused-ring (bicyclic) bond motifs is 2. The Morgan fingerprint density at radius 3 is 1.36 bits per heavy atom. The summed E-state index contributed by atoms with van der Waals surface area (Å²) in [5, 5.41) is 7.41. The zero-order valence-corrected chi connectivity index (χ0v) is 20.4. The lowest BCUT2D eigenvalue weighted by Gasteiger charge is -2.26. The third kappa shape index (κ3) is 5.09. The molecule has 0 atom stereocenters. The van der Waals surface area contributed by atoms with Crippen LogP contribution in [0.3, 0.4) is 0 Å². The Labute approximate surface area is 227 Å². The van der Waals surface area contributed by atoms with Crippen LogP contribution in [0.1, 0.15) is 22.3 Å². The number of nitrogens with zero attached hydrogens (tertiary/aromatic N) is 2. The lowest BCUT2D eigenvalue weighted by Crippen LogP contribution is -2.27. The average Bonchev–Trinajstić information content (AvgIpc) is 2.88. The van der Waals surface area contributed by atoms with E-state index in [1.165, 1.54) is 30.3 Å². The van der Waals surface area contributed by atoms with Crippen molar-refractivity contribution in [2.24, 2.45) is 0 Å². The van der Waals surface area contributed by atoms with E-state index < -0.39 is 69.7 Å². The molecule has 14 heteroatoms. The highest BCUT2D eigenvalue weighted by Crippen LogP contribution is 2.54. The van der Waals surface area contributed by atoms with Gasteiger partial charge in [-0.3, -0.25) is 0 Å². The quantitative estimate of drug-likeness (QED) is 0.148. The van der Waals surface area contributed by atoms with Crippen LogP contribution in [-0.2, 0) is 24.7 Å². The minimum Gasteiger partial charge on any atom is -0.166 e. The van der Waals surface area contributed by atoms with Crippen molar-refractivity contribution in [3.8, 4) is 22.5 Å². The molecular weight excluding hydrogens is 592 g/mol. The van der Waals surface area contributed by atoms with Gasteiger partial charge in [-0.1, -0.05) is 54.6 Å². The Hall–Kier alpha value is -4.36. The summed E-state index contributed by atoms with van der Waals surface area (Å²) in [5.41, 5.74) is -15.5. The molecule has 0 radical (unpaired) electrons. The van der Waals surface area contributed by atoms with Crippen LogP contribution in [0.2, 0.25) is 0 Å². The zero-order chi connectivity index (χ0) is 30.8. The molecule has 1 aromatic heterocycles. The minimum absolute atomic E-state index is 0.0369. The van der Waals surface area contributed by atoms with Gasteiger partial charge in [0.25, 0.3) is 0 Å². The van der Waals surface area contributed by atoms with Gasteiger partial charge in [0.1, 0.15) is 11.4 Å². The largest absolute Gasteiger partial charge is 0.417 e. The second-order valence-corrected chi connectivity index (χ2v) is 9.10. The normalized spacial score (nSPS) is 13.2. The molecule has 218 valence electrons. The van der Waals surface area contributed by atoms with E-state index in [4.69, 9.17) is 0 Å². The van der Waals surface area contributed by atoms with Crippen LogP contribution >= 0.6 is 0 Å². The summed E-state index contributed by atoms with van der Waals surface area (Å²) in [6, 6.07) is 15.3. The molecular formula is C28H12F12N2. The summed E-state index contributed by atoms with van der Waals surface area (Å²) < 4.78 is 169. The van der Waals surface area contributed by atoms with Crippen molar-refractivity contribution in [2.75, 3.05) is 0 Å². The predicted octanol–water partition coefficient (Wildman–Crippen LogP) is 10.2. The monoisotopic (exact) mass is 604 g/mol. The van der Waals surface area contributed by atoms with E-state index in [2.05, 4.69) is 10.2 Å². The summed E-state index contributed by atoms with van der Waals surface area (Å²) >= 11 is 0. The maximum atomic E-state index is 14.4. The van der Waals surface area contributed by atoms with Crippen molar-refractivity contribution < 1.29 is 52.7 Å². The molecule has 0 amide bonds. The van der Waals surface area contributed by atoms with Crippen LogP contribution in [-0.4, -0.2) is 10.2 Å². The summed E-state index contributed by atoms with van der Waals surface area (Å²) in [7, 11) is 0. The van der Waals surface area contributed by atoms with Gasteiger partial charge in [0.15, 0.2) is 0 Å². The van der Waals surface area contributed by atoms with E-state index in [1.54, 1.807) is 30.3 Å². The molecule has 0 saturated carbocycles. The average molecular weight is 604 g/mol. The highest BCUT2D eigenvalue weighted by Gasteiger charge is 2.54. The Balaban J connectivity index is 2.06. The van der Waals surface area contributed by atoms with Gasteiger partial charge in [-0.25, -0.2) is 0 Å². The predicted molar refractivity (Wildman–Crippen MR) is 128 cm³/mol. The molecule has 0 bridgehead atoms. The Morgan fingerprint density at radius 1 is 0.429 bits per heavy atom. The molecule has 0 saturated heterocycles. The third-order valence-corrected chi connectivity index (χ3v) is 6.44. The van der Waals surface area contributed by atoms with Crippen LogP contribution in [0, 0.1) is 0 Å². The summed E-state index contributed by atoms with van der Waals surface area (Å²) in [6.45, 7) is 0. The van der Waals surface area contributed by atoms with E-state index in [-0.39, 0.29) is 16.5 Å². The van der Waals surface area contributed by atoms with Crippen molar-refractivity contribution in [2.45, 2.75) is 24.7 Å². The van der Waals surface area contributed by atoms with E-state index >= 15 is 0 Å². The maximum absolute atomic E-state index is 14.4. The molecule has 0 spiro atoms. The molecule has 0 unspecified atom stereocenters. The van der Waals surface area contributed by atoms with Crippen LogP contribution in [0.5, 0.6) is 0 Å². The third-order valence-electron chi connectivity index (χ3n) is 6.44. The van der Waals surface area contributed by atoms with Gasteiger partial charge in [-0.2, -0.15) is 52.7 Å². The molecule has 4 aromatic carbocycles. The molecule has 5 rings (SSSR count). The minimum atomic E-state index is -6.37. The standard InChI is InChI=1S/C28H12F12N2/c29-25(30,31)18-12-19(26(32,33)34)21(27(35,36)37)22(28(38,39)40)20(18)24-17-11-15-9-5-4-8-14(15)10-16(17)23(41-42-24)13-6-2-1-3-7-13/h1-12H. The van der Waals surface area contributed by atoms with Gasteiger partial charge >= 0.3 is 24.7 Å². The first-order valence-corrected chi connectivity index (χ1v) is 11.6. The lowest BCUT2D eigenvalue weighted by atomic mass is 9.86. The summed E-state index contributed by atoms with van der Waals surface area (Å²) in [4.78, 5) is 0. The Morgan fingerprint density at radius 2 is 0.881 bits per heavy atom. The van der Waals surface area contributed by atoms with Crippen LogP contribution < -0.4 is 0 Å². The highest BCUT2D eigenvalue weighted by molar-refractivity contribution is 6.09. The van der Waals surface area contributed by atoms with Gasteiger partial charge in [-0.15, -0.1) is 10.2 Å². The van der Waals surface area contributed by atoms with Crippen molar-refractivity contribution >= 4 is 21.5 Å². The van der Waals surface area contributed by atoms with Gasteiger partial charge in [0.2, 0.25) is 0 Å². The topological polar surface area (TPSA) is 25.8 Å². The first-order chi connectivity index (χ1) is 19.4. The van der Waals surface area contributed by atoms with Gasteiger partial charge in [0, 0.05) is 21.9 Å². The van der Waals surface area contributed by atoms with Crippen molar-refractivity contribution in [1.29, 1.82) is 0 Å². The van der Waals surface area contributed by atoms with Crippen LogP contribution in [0.25, 0.3) is 44.1 Å². The zero-order valence-electron chi connectivity index (χ0n) is 20.4. The molecule has 0 N–H and O–H groups in total. The number of alkyl halides is 12. The second-order valence-electron chi connectivity index (χ2n) is 9.10. The van der Waals surface area contributed by atoms with Crippen molar-refractivity contribution in [3.63, 3.8) is 0 Å². The van der Waals surface area contributed by atoms with Gasteiger partial charge in [0.05, 0.1) is 22.3 Å². The fourth-order valence-electron chi connectivity index (χ4n) is 4.79. The fourth-order valence-corrected chi connectivity index (χ4v) is 4.79. The fraction of sp³-hybridized carbons (Fsp3) is 0.143. The molecule has 5 aromatic rings. The van der Waals surface area contributed by atoms with Crippen LogP contribution in [0.15, 0.2) is 72.8 Å². The molecule has 0 aliphatic heterocycles. The number of aromatic nitrogens is 2. The molecule has 42 heavy (non-hydrogen) atoms. The molecule has 2 nitrogen and oxygen atoms in total. The number of benzene rings is 4. The molecule has 1 heterocycles. The first kappa shape index (κ1) is 29.1. The maximum Gasteiger partial charge on any atom is 0.417 e. The summed E-state index contributed by atoms with van der Waals surface area (Å²) in [6.07, 6.45) is -24.9. The molecule has 0 aliphatic carbocycles. The van der Waals surface area contributed by atoms with Crippen LogP contribution in [0.4, 0.5) is 52.7 Å². The van der Waals surface area contributed by atoms with Crippen molar-refractivity contribution in [3.05, 3.63) is 95.1 Å². The number of hydrogen-bond donors (Lipinski definition) is 0. The van der Waals surface area contributed by atoms with Crippen molar-refractivity contribution in [1.82, 2.24) is 10.2 Å². The second kappa shape index (κ2) is 9.60. The Kier molecular flexibility index (Phi) is 6.66. The number of halogens is 12. The highest BCUT2D eigenvalue weighted by atomic mass is 19.4. The van der Waals surface area contributed by atoms with Gasteiger partial charge in [-0.05, 0) is 29.0 Å². The molecule has 0 aliphatic rings.